The normalized spacial score (nSPS) is 11.5. The molecule has 0 aliphatic carbocycles. The van der Waals surface area contributed by atoms with E-state index in [9.17, 15) is 25.3 Å². The SMILES string of the molecule is CCn1c(C)nc([N+](=O)[O-])c1C(=O)/C(C#N)=C(\O)c1ccccc1. The Morgan fingerprint density at radius 3 is 2.54 bits per heavy atom. The summed E-state index contributed by atoms with van der Waals surface area (Å²) in [6.45, 7) is 3.49. The number of nitriles is 1. The summed E-state index contributed by atoms with van der Waals surface area (Å²) in [4.78, 5) is 26.9. The number of aliphatic hydroxyl groups excluding tert-OH is 1. The highest BCUT2D eigenvalue weighted by Crippen LogP contribution is 2.25. The Morgan fingerprint density at radius 1 is 1.42 bits per heavy atom. The van der Waals surface area contributed by atoms with E-state index in [1.807, 2.05) is 0 Å². The van der Waals surface area contributed by atoms with Gasteiger partial charge in [-0.2, -0.15) is 5.26 Å². The van der Waals surface area contributed by atoms with Crippen molar-refractivity contribution in [2.75, 3.05) is 0 Å². The predicted octanol–water partition coefficient (Wildman–Crippen LogP) is 2.80. The van der Waals surface area contributed by atoms with Crippen LogP contribution in [0.5, 0.6) is 0 Å². The maximum absolute atomic E-state index is 12.7. The highest BCUT2D eigenvalue weighted by molar-refractivity contribution is 6.16. The zero-order valence-electron chi connectivity index (χ0n) is 13.1. The van der Waals surface area contributed by atoms with Crippen molar-refractivity contribution < 1.29 is 14.8 Å². The van der Waals surface area contributed by atoms with Crippen molar-refractivity contribution in [1.29, 1.82) is 5.26 Å². The van der Waals surface area contributed by atoms with Gasteiger partial charge in [0, 0.05) is 19.0 Å². The first-order valence-corrected chi connectivity index (χ1v) is 7.07. The zero-order chi connectivity index (χ0) is 17.9. The fraction of sp³-hybridized carbons (Fsp3) is 0.188. The first-order valence-electron chi connectivity index (χ1n) is 7.07. The van der Waals surface area contributed by atoms with Crippen molar-refractivity contribution >= 4 is 17.4 Å². The van der Waals surface area contributed by atoms with Crippen LogP contribution in [0.2, 0.25) is 0 Å². The monoisotopic (exact) mass is 326 g/mol. The van der Waals surface area contributed by atoms with Crippen LogP contribution in [0.15, 0.2) is 35.9 Å². The summed E-state index contributed by atoms with van der Waals surface area (Å²) in [6, 6.07) is 9.67. The van der Waals surface area contributed by atoms with Crippen molar-refractivity contribution in [3.05, 3.63) is 63.1 Å². The minimum atomic E-state index is -0.937. The molecule has 0 unspecified atom stereocenters. The average molecular weight is 326 g/mol. The highest BCUT2D eigenvalue weighted by Gasteiger charge is 2.33. The number of nitrogens with zero attached hydrogens (tertiary/aromatic N) is 4. The smallest absolute Gasteiger partial charge is 0.393 e. The molecule has 0 amide bonds. The van der Waals surface area contributed by atoms with Gasteiger partial charge >= 0.3 is 5.82 Å². The lowest BCUT2D eigenvalue weighted by atomic mass is 10.0. The van der Waals surface area contributed by atoms with Crippen LogP contribution < -0.4 is 0 Å². The van der Waals surface area contributed by atoms with E-state index in [0.717, 1.165) is 0 Å². The first-order chi connectivity index (χ1) is 11.4. The number of aliphatic hydroxyl groups is 1. The number of nitro groups is 1. The summed E-state index contributed by atoms with van der Waals surface area (Å²) in [5.41, 5.74) is -0.623. The van der Waals surface area contributed by atoms with E-state index < -0.39 is 27.9 Å². The number of ketones is 1. The number of rotatable bonds is 5. The quantitative estimate of drug-likeness (QED) is 0.225. The van der Waals surface area contributed by atoms with Gasteiger partial charge in [-0.15, -0.1) is 0 Å². The van der Waals surface area contributed by atoms with Crippen molar-refractivity contribution in [3.8, 4) is 6.07 Å². The molecule has 0 fully saturated rings. The molecule has 122 valence electrons. The number of aryl methyl sites for hydroxylation is 1. The van der Waals surface area contributed by atoms with Crippen LogP contribution in [0.3, 0.4) is 0 Å². The molecule has 0 bridgehead atoms. The third kappa shape index (κ3) is 2.87. The van der Waals surface area contributed by atoms with Crippen LogP contribution in [0.25, 0.3) is 5.76 Å². The number of allylic oxidation sites excluding steroid dienone is 1. The highest BCUT2D eigenvalue weighted by atomic mass is 16.6. The second-order valence-corrected chi connectivity index (χ2v) is 4.86. The summed E-state index contributed by atoms with van der Waals surface area (Å²) in [5.74, 6) is -1.82. The number of aromatic nitrogens is 2. The van der Waals surface area contributed by atoms with Crippen molar-refractivity contribution in [1.82, 2.24) is 9.55 Å². The molecule has 2 aromatic rings. The fourth-order valence-corrected chi connectivity index (χ4v) is 2.36. The Labute approximate surface area is 137 Å². The van der Waals surface area contributed by atoms with Gasteiger partial charge in [0.05, 0.1) is 0 Å². The number of Topliss-reactive ketones (excluding diaryl/α,β-unsaturated/α-hetero) is 1. The van der Waals surface area contributed by atoms with Crippen LogP contribution in [-0.2, 0) is 6.54 Å². The predicted molar refractivity (Wildman–Crippen MR) is 85.2 cm³/mol. The molecule has 0 saturated carbocycles. The number of carbonyl (C=O) groups is 1. The molecule has 0 aliphatic heterocycles. The van der Waals surface area contributed by atoms with Gasteiger partial charge in [-0.3, -0.25) is 9.36 Å². The topological polar surface area (TPSA) is 122 Å². The van der Waals surface area contributed by atoms with Crippen LogP contribution >= 0.6 is 0 Å². The standard InChI is InChI=1S/C16H14N4O4/c1-3-19-10(2)18-16(20(23)24)13(19)15(22)12(9-17)14(21)11-7-5-4-6-8-11/h4-8,21H,3H2,1-2H3/b14-12-. The third-order valence-electron chi connectivity index (χ3n) is 3.47. The summed E-state index contributed by atoms with van der Waals surface area (Å²) in [6.07, 6.45) is 0. The van der Waals surface area contributed by atoms with Gasteiger partial charge in [0.2, 0.25) is 11.6 Å². The number of imidazole rings is 1. The van der Waals surface area contributed by atoms with E-state index in [0.29, 0.717) is 0 Å². The Hall–Kier alpha value is -3.47. The molecule has 8 heteroatoms. The van der Waals surface area contributed by atoms with E-state index in [4.69, 9.17) is 0 Å². The summed E-state index contributed by atoms with van der Waals surface area (Å²) < 4.78 is 1.34. The second kappa shape index (κ2) is 6.75. The summed E-state index contributed by atoms with van der Waals surface area (Å²) in [5, 5.41) is 30.7. The minimum Gasteiger partial charge on any atom is -0.506 e. The van der Waals surface area contributed by atoms with Crippen LogP contribution in [0.4, 0.5) is 5.82 Å². The van der Waals surface area contributed by atoms with Gasteiger partial charge in [0.1, 0.15) is 17.4 Å². The molecule has 1 aromatic heterocycles. The Bertz CT molecular complexity index is 875. The molecule has 24 heavy (non-hydrogen) atoms. The molecule has 0 radical (unpaired) electrons. The molecule has 0 aliphatic rings. The van der Waals surface area contributed by atoms with Crippen molar-refractivity contribution in [2.24, 2.45) is 0 Å². The number of benzene rings is 1. The molecular formula is C16H14N4O4. The molecule has 1 aromatic carbocycles. The van der Waals surface area contributed by atoms with Crippen LogP contribution in [0, 0.1) is 28.4 Å². The summed E-state index contributed by atoms with van der Waals surface area (Å²) in [7, 11) is 0. The molecule has 0 saturated heterocycles. The molecular weight excluding hydrogens is 312 g/mol. The van der Waals surface area contributed by atoms with Gasteiger partial charge in [-0.25, -0.2) is 0 Å². The number of hydrogen-bond donors (Lipinski definition) is 1. The lowest BCUT2D eigenvalue weighted by molar-refractivity contribution is -0.389. The number of hydrogen-bond acceptors (Lipinski definition) is 6. The minimum absolute atomic E-state index is 0.262. The van der Waals surface area contributed by atoms with Crippen LogP contribution in [0.1, 0.15) is 28.8 Å². The van der Waals surface area contributed by atoms with E-state index >= 15 is 0 Å². The first kappa shape index (κ1) is 16.9. The van der Waals surface area contributed by atoms with E-state index in [2.05, 4.69) is 4.98 Å². The zero-order valence-corrected chi connectivity index (χ0v) is 13.1. The van der Waals surface area contributed by atoms with E-state index in [1.54, 1.807) is 31.2 Å². The maximum atomic E-state index is 12.7. The van der Waals surface area contributed by atoms with Gasteiger partial charge in [-0.05, 0) is 16.8 Å². The summed E-state index contributed by atoms with van der Waals surface area (Å²) >= 11 is 0. The second-order valence-electron chi connectivity index (χ2n) is 4.86. The van der Waals surface area contributed by atoms with Gasteiger partial charge in [0.25, 0.3) is 0 Å². The van der Waals surface area contributed by atoms with Crippen molar-refractivity contribution in [2.45, 2.75) is 20.4 Å². The van der Waals surface area contributed by atoms with E-state index in [1.165, 1.54) is 23.6 Å². The average Bonchev–Trinajstić information content (AvgIpc) is 2.92. The van der Waals surface area contributed by atoms with Crippen molar-refractivity contribution in [3.63, 3.8) is 0 Å². The third-order valence-corrected chi connectivity index (χ3v) is 3.47. The largest absolute Gasteiger partial charge is 0.506 e. The van der Waals surface area contributed by atoms with Crippen LogP contribution in [-0.4, -0.2) is 25.4 Å². The molecule has 0 atom stereocenters. The Morgan fingerprint density at radius 2 is 2.04 bits per heavy atom. The molecule has 0 spiro atoms. The van der Waals surface area contributed by atoms with Gasteiger partial charge < -0.3 is 15.2 Å². The number of carbonyl (C=O) groups excluding carboxylic acids is 1. The fourth-order valence-electron chi connectivity index (χ4n) is 2.36. The molecule has 2 rings (SSSR count). The molecule has 1 N–H and O–H groups in total. The van der Waals surface area contributed by atoms with Gasteiger partial charge in [0.15, 0.2) is 5.69 Å². The van der Waals surface area contributed by atoms with Gasteiger partial charge in [-0.1, -0.05) is 30.3 Å². The molecule has 1 heterocycles. The molecule has 8 nitrogen and oxygen atoms in total. The lowest BCUT2D eigenvalue weighted by Gasteiger charge is -2.06. The van der Waals surface area contributed by atoms with E-state index in [-0.39, 0.29) is 23.6 Å². The maximum Gasteiger partial charge on any atom is 0.393 e. The Kier molecular flexibility index (Phi) is 4.75. The lowest BCUT2D eigenvalue weighted by Crippen LogP contribution is -2.14. The Balaban J connectivity index is 2.67.